The van der Waals surface area contributed by atoms with Crippen LogP contribution in [0.3, 0.4) is 0 Å². The lowest BCUT2D eigenvalue weighted by Crippen LogP contribution is -2.23. The Morgan fingerprint density at radius 1 is 1.24 bits per heavy atom. The molecule has 0 spiro atoms. The molecule has 3 rings (SSSR count). The van der Waals surface area contributed by atoms with Gasteiger partial charge in [0.05, 0.1) is 5.52 Å². The van der Waals surface area contributed by atoms with Crippen molar-refractivity contribution >= 4 is 16.9 Å². The zero-order valence-corrected chi connectivity index (χ0v) is 10.1. The minimum Gasteiger partial charge on any atom is -0.351 e. The fraction of sp³-hybridized carbons (Fsp3) is 0.429. The number of aromatic nitrogens is 2. The number of rotatable bonds is 2. The summed E-state index contributed by atoms with van der Waals surface area (Å²) in [5, 5.41) is 4.56. The van der Waals surface area contributed by atoms with Crippen molar-refractivity contribution in [1.29, 1.82) is 0 Å². The number of benzene rings is 1. The fourth-order valence-electron chi connectivity index (χ4n) is 2.57. The Kier molecular flexibility index (Phi) is 2.67. The van der Waals surface area contributed by atoms with Crippen molar-refractivity contribution in [2.45, 2.75) is 32.2 Å². The van der Waals surface area contributed by atoms with E-state index in [1.807, 2.05) is 30.5 Å². The molecule has 1 aromatic heterocycles. The number of hydrogen-bond acceptors (Lipinski definition) is 3. The molecule has 3 nitrogen and oxygen atoms in total. The van der Waals surface area contributed by atoms with Crippen LogP contribution in [0.1, 0.15) is 26.2 Å². The highest BCUT2D eigenvalue weighted by Crippen LogP contribution is 2.27. The molecular weight excluding hydrogens is 210 g/mol. The van der Waals surface area contributed by atoms with Gasteiger partial charge in [0.15, 0.2) is 0 Å². The lowest BCUT2D eigenvalue weighted by molar-refractivity contribution is 0.553. The lowest BCUT2D eigenvalue weighted by Gasteiger charge is -2.17. The summed E-state index contributed by atoms with van der Waals surface area (Å²) in [6.07, 6.45) is 5.75. The average Bonchev–Trinajstić information content (AvgIpc) is 2.75. The van der Waals surface area contributed by atoms with Gasteiger partial charge in [0, 0.05) is 17.6 Å². The van der Waals surface area contributed by atoms with Gasteiger partial charge < -0.3 is 5.32 Å². The maximum atomic E-state index is 4.55. The Hall–Kier alpha value is -1.64. The molecule has 1 heterocycles. The molecule has 2 aromatic rings. The zero-order chi connectivity index (χ0) is 11.7. The molecule has 1 aliphatic rings. The van der Waals surface area contributed by atoms with Crippen molar-refractivity contribution in [3.8, 4) is 0 Å². The summed E-state index contributed by atoms with van der Waals surface area (Å²) >= 11 is 0. The molecule has 88 valence electrons. The Bertz CT molecular complexity index is 524. The SMILES string of the molecule is CC1CCCC1Nc1ncc2ccccc2n1. The predicted molar refractivity (Wildman–Crippen MR) is 70.0 cm³/mol. The van der Waals surface area contributed by atoms with Gasteiger partial charge in [0.2, 0.25) is 5.95 Å². The average molecular weight is 227 g/mol. The van der Waals surface area contributed by atoms with Crippen molar-refractivity contribution in [3.05, 3.63) is 30.5 Å². The molecule has 1 aliphatic carbocycles. The third-order valence-corrected chi connectivity index (χ3v) is 3.67. The van der Waals surface area contributed by atoms with E-state index in [1.54, 1.807) is 0 Å². The van der Waals surface area contributed by atoms with Gasteiger partial charge in [0.1, 0.15) is 0 Å². The van der Waals surface area contributed by atoms with E-state index in [4.69, 9.17) is 0 Å². The van der Waals surface area contributed by atoms with Crippen LogP contribution in [0.2, 0.25) is 0 Å². The van der Waals surface area contributed by atoms with Crippen molar-refractivity contribution in [1.82, 2.24) is 9.97 Å². The molecule has 0 amide bonds. The molecular formula is C14H17N3. The van der Waals surface area contributed by atoms with E-state index in [9.17, 15) is 0 Å². The van der Waals surface area contributed by atoms with Crippen LogP contribution in [0.15, 0.2) is 30.5 Å². The summed E-state index contributed by atoms with van der Waals surface area (Å²) in [7, 11) is 0. The third kappa shape index (κ3) is 2.09. The van der Waals surface area contributed by atoms with E-state index in [2.05, 4.69) is 22.2 Å². The molecule has 1 aromatic carbocycles. The molecule has 0 bridgehead atoms. The first-order valence-electron chi connectivity index (χ1n) is 6.31. The Morgan fingerprint density at radius 3 is 2.94 bits per heavy atom. The highest BCUT2D eigenvalue weighted by Gasteiger charge is 2.23. The molecule has 1 N–H and O–H groups in total. The number of nitrogens with zero attached hydrogens (tertiary/aromatic N) is 2. The quantitative estimate of drug-likeness (QED) is 0.856. The molecule has 2 atom stereocenters. The van der Waals surface area contributed by atoms with Gasteiger partial charge in [-0.25, -0.2) is 9.97 Å². The Balaban J connectivity index is 1.85. The molecule has 1 saturated carbocycles. The van der Waals surface area contributed by atoms with Gasteiger partial charge in [-0.15, -0.1) is 0 Å². The zero-order valence-electron chi connectivity index (χ0n) is 10.1. The summed E-state index contributed by atoms with van der Waals surface area (Å²) in [4.78, 5) is 8.93. The second-order valence-corrected chi connectivity index (χ2v) is 4.91. The lowest BCUT2D eigenvalue weighted by atomic mass is 10.1. The minimum absolute atomic E-state index is 0.538. The van der Waals surface area contributed by atoms with Crippen LogP contribution in [-0.4, -0.2) is 16.0 Å². The predicted octanol–water partition coefficient (Wildman–Crippen LogP) is 3.23. The van der Waals surface area contributed by atoms with Crippen LogP contribution >= 0.6 is 0 Å². The van der Waals surface area contributed by atoms with Gasteiger partial charge >= 0.3 is 0 Å². The molecule has 1 fully saturated rings. The van der Waals surface area contributed by atoms with Crippen LogP contribution in [-0.2, 0) is 0 Å². The second-order valence-electron chi connectivity index (χ2n) is 4.91. The van der Waals surface area contributed by atoms with Crippen molar-refractivity contribution in [3.63, 3.8) is 0 Å². The summed E-state index contributed by atoms with van der Waals surface area (Å²) in [5.74, 6) is 1.49. The maximum absolute atomic E-state index is 4.55. The summed E-state index contributed by atoms with van der Waals surface area (Å²) in [6, 6.07) is 8.63. The van der Waals surface area contributed by atoms with Crippen LogP contribution in [0.4, 0.5) is 5.95 Å². The first-order chi connectivity index (χ1) is 8.33. The number of anilines is 1. The van der Waals surface area contributed by atoms with E-state index in [0.29, 0.717) is 6.04 Å². The standard InChI is InChI=1S/C14H17N3/c1-10-5-4-8-12(10)16-14-15-9-11-6-2-3-7-13(11)17-14/h2-3,6-7,9-10,12H,4-5,8H2,1H3,(H,15,16,17). The van der Waals surface area contributed by atoms with E-state index in [1.165, 1.54) is 19.3 Å². The van der Waals surface area contributed by atoms with Crippen molar-refractivity contribution < 1.29 is 0 Å². The minimum atomic E-state index is 0.538. The van der Waals surface area contributed by atoms with E-state index >= 15 is 0 Å². The number of nitrogens with one attached hydrogen (secondary N) is 1. The maximum Gasteiger partial charge on any atom is 0.223 e. The number of hydrogen-bond donors (Lipinski definition) is 1. The van der Waals surface area contributed by atoms with Gasteiger partial charge in [-0.2, -0.15) is 0 Å². The molecule has 0 aliphatic heterocycles. The largest absolute Gasteiger partial charge is 0.351 e. The smallest absolute Gasteiger partial charge is 0.223 e. The highest BCUT2D eigenvalue weighted by molar-refractivity contribution is 5.78. The Morgan fingerprint density at radius 2 is 2.12 bits per heavy atom. The summed E-state index contributed by atoms with van der Waals surface area (Å²) < 4.78 is 0. The van der Waals surface area contributed by atoms with Crippen LogP contribution in [0, 0.1) is 5.92 Å². The summed E-state index contributed by atoms with van der Waals surface area (Å²) in [5.41, 5.74) is 1.01. The van der Waals surface area contributed by atoms with Crippen molar-refractivity contribution in [2.24, 2.45) is 5.92 Å². The summed E-state index contributed by atoms with van der Waals surface area (Å²) in [6.45, 7) is 2.30. The van der Waals surface area contributed by atoms with E-state index in [-0.39, 0.29) is 0 Å². The first kappa shape index (κ1) is 10.5. The number of para-hydroxylation sites is 1. The molecule has 2 unspecified atom stereocenters. The van der Waals surface area contributed by atoms with Gasteiger partial charge in [0.25, 0.3) is 0 Å². The molecule has 0 saturated heterocycles. The van der Waals surface area contributed by atoms with Gasteiger partial charge in [-0.1, -0.05) is 31.5 Å². The van der Waals surface area contributed by atoms with Crippen molar-refractivity contribution in [2.75, 3.05) is 5.32 Å². The highest BCUT2D eigenvalue weighted by atomic mass is 15.1. The molecule has 17 heavy (non-hydrogen) atoms. The second kappa shape index (κ2) is 4.32. The Labute approximate surface area is 101 Å². The van der Waals surface area contributed by atoms with Crippen LogP contribution in [0.25, 0.3) is 10.9 Å². The monoisotopic (exact) mass is 227 g/mol. The third-order valence-electron chi connectivity index (χ3n) is 3.67. The number of fused-ring (bicyclic) bond motifs is 1. The van der Waals surface area contributed by atoms with Crippen LogP contribution in [0.5, 0.6) is 0 Å². The van der Waals surface area contributed by atoms with Gasteiger partial charge in [-0.3, -0.25) is 0 Å². The molecule has 3 heteroatoms. The van der Waals surface area contributed by atoms with E-state index < -0.39 is 0 Å². The fourth-order valence-corrected chi connectivity index (χ4v) is 2.57. The van der Waals surface area contributed by atoms with Gasteiger partial charge in [-0.05, 0) is 24.8 Å². The van der Waals surface area contributed by atoms with E-state index in [0.717, 1.165) is 22.8 Å². The first-order valence-corrected chi connectivity index (χ1v) is 6.31. The normalized spacial score (nSPS) is 24.1. The molecule has 0 radical (unpaired) electrons. The topological polar surface area (TPSA) is 37.8 Å². The van der Waals surface area contributed by atoms with Crippen LogP contribution < -0.4 is 5.32 Å².